The van der Waals surface area contributed by atoms with E-state index in [1.165, 1.54) is 6.21 Å². The van der Waals surface area contributed by atoms with Gasteiger partial charge in [0.05, 0.1) is 18.4 Å². The molecule has 0 saturated carbocycles. The van der Waals surface area contributed by atoms with E-state index in [1.807, 2.05) is 56.4 Å². The van der Waals surface area contributed by atoms with Crippen LogP contribution in [0.15, 0.2) is 42.6 Å². The monoisotopic (exact) mass is 368 g/mol. The van der Waals surface area contributed by atoms with Gasteiger partial charge >= 0.3 is 0 Å². The third kappa shape index (κ3) is 5.01. The molecule has 2 aromatic carbocycles. The highest BCUT2D eigenvalue weighted by atomic mass is 16.5. The lowest BCUT2D eigenvalue weighted by molar-refractivity contribution is 0.295. The fourth-order valence-corrected chi connectivity index (χ4v) is 2.78. The van der Waals surface area contributed by atoms with Crippen LogP contribution < -0.4 is 25.6 Å². The zero-order chi connectivity index (χ0) is 19.8. The van der Waals surface area contributed by atoms with Crippen molar-refractivity contribution in [3.8, 4) is 11.5 Å². The standard InChI is InChI=1S/C21H28N4O2/c1-5-24-13-17(12-22)16-9-10-20(15(2)11-16)27-14-18-19(25(3)23)7-6-8-21(18)26-4/h6-13,22,24H,5,14,23H2,1-4H3/b17-13+,22-12?. The largest absolute Gasteiger partial charge is 0.496 e. The molecule has 27 heavy (non-hydrogen) atoms. The molecule has 0 aliphatic carbocycles. The number of aryl methyl sites for hydroxylation is 1. The summed E-state index contributed by atoms with van der Waals surface area (Å²) in [6, 6.07) is 11.6. The SMILES string of the molecule is CCN/C=C(\C=N)c1ccc(OCc2c(OC)cccc2N(C)N)c(C)c1. The van der Waals surface area contributed by atoms with Crippen molar-refractivity contribution in [2.45, 2.75) is 20.5 Å². The van der Waals surface area contributed by atoms with Gasteiger partial charge in [0.15, 0.2) is 0 Å². The van der Waals surface area contributed by atoms with Gasteiger partial charge in [-0.1, -0.05) is 12.1 Å². The molecule has 0 amide bonds. The van der Waals surface area contributed by atoms with Crippen molar-refractivity contribution in [1.82, 2.24) is 5.32 Å². The Labute approximate surface area is 161 Å². The molecule has 0 atom stereocenters. The number of allylic oxidation sites excluding steroid dienone is 1. The maximum Gasteiger partial charge on any atom is 0.127 e. The first kappa shape index (κ1) is 20.3. The molecule has 0 saturated heterocycles. The van der Waals surface area contributed by atoms with Gasteiger partial charge in [-0.15, -0.1) is 0 Å². The van der Waals surface area contributed by atoms with Gasteiger partial charge in [-0.2, -0.15) is 0 Å². The van der Waals surface area contributed by atoms with Gasteiger partial charge < -0.3 is 25.2 Å². The lowest BCUT2D eigenvalue weighted by atomic mass is 10.0. The first-order valence-corrected chi connectivity index (χ1v) is 8.84. The zero-order valence-corrected chi connectivity index (χ0v) is 16.4. The second-order valence-electron chi connectivity index (χ2n) is 6.14. The van der Waals surface area contributed by atoms with Gasteiger partial charge in [-0.05, 0) is 49.2 Å². The van der Waals surface area contributed by atoms with Crippen LogP contribution in [0.3, 0.4) is 0 Å². The average Bonchev–Trinajstić information content (AvgIpc) is 2.67. The predicted octanol–water partition coefficient (Wildman–Crippen LogP) is 3.49. The number of nitrogens with one attached hydrogen (secondary N) is 2. The number of rotatable bonds is 9. The number of benzene rings is 2. The van der Waals surface area contributed by atoms with Crippen LogP contribution in [-0.2, 0) is 6.61 Å². The van der Waals surface area contributed by atoms with E-state index in [4.69, 9.17) is 20.7 Å². The van der Waals surface area contributed by atoms with E-state index in [2.05, 4.69) is 5.32 Å². The minimum absolute atomic E-state index is 0.339. The third-order valence-corrected chi connectivity index (χ3v) is 4.21. The van der Waals surface area contributed by atoms with Crippen molar-refractivity contribution < 1.29 is 9.47 Å². The van der Waals surface area contributed by atoms with E-state index in [0.29, 0.717) is 6.61 Å². The Balaban J connectivity index is 2.24. The Morgan fingerprint density at radius 3 is 2.63 bits per heavy atom. The summed E-state index contributed by atoms with van der Waals surface area (Å²) in [6.45, 7) is 5.16. The van der Waals surface area contributed by atoms with E-state index >= 15 is 0 Å². The van der Waals surface area contributed by atoms with Gasteiger partial charge in [0.1, 0.15) is 18.1 Å². The molecule has 2 rings (SSSR count). The Hall–Kier alpha value is -2.99. The van der Waals surface area contributed by atoms with Crippen molar-refractivity contribution in [3.05, 3.63) is 59.3 Å². The Kier molecular flexibility index (Phi) is 7.25. The molecule has 0 aliphatic rings. The predicted molar refractivity (Wildman–Crippen MR) is 112 cm³/mol. The van der Waals surface area contributed by atoms with Gasteiger partial charge in [-0.25, -0.2) is 5.84 Å². The van der Waals surface area contributed by atoms with Crippen molar-refractivity contribution in [2.24, 2.45) is 5.84 Å². The zero-order valence-electron chi connectivity index (χ0n) is 16.4. The van der Waals surface area contributed by atoms with Crippen LogP contribution in [-0.4, -0.2) is 26.9 Å². The van der Waals surface area contributed by atoms with Gasteiger partial charge in [0, 0.05) is 31.6 Å². The van der Waals surface area contributed by atoms with Crippen molar-refractivity contribution >= 4 is 17.5 Å². The number of methoxy groups -OCH3 is 1. The van der Waals surface area contributed by atoms with Crippen molar-refractivity contribution in [1.29, 1.82) is 5.41 Å². The number of anilines is 1. The summed E-state index contributed by atoms with van der Waals surface area (Å²) in [5.41, 5.74) is 4.53. The molecule has 6 nitrogen and oxygen atoms in total. The smallest absolute Gasteiger partial charge is 0.127 e. The molecule has 2 aromatic rings. The summed E-state index contributed by atoms with van der Waals surface area (Å²) < 4.78 is 11.5. The second kappa shape index (κ2) is 9.64. The van der Waals surface area contributed by atoms with Crippen LogP contribution in [0, 0.1) is 12.3 Å². The van der Waals surface area contributed by atoms with Gasteiger partial charge in [0.25, 0.3) is 0 Å². The maximum atomic E-state index is 7.61. The highest BCUT2D eigenvalue weighted by molar-refractivity contribution is 6.08. The van der Waals surface area contributed by atoms with Crippen LogP contribution in [0.2, 0.25) is 0 Å². The lowest BCUT2D eigenvalue weighted by Crippen LogP contribution is -2.26. The molecular weight excluding hydrogens is 340 g/mol. The molecule has 6 heteroatoms. The van der Waals surface area contributed by atoms with Gasteiger partial charge in [-0.3, -0.25) is 0 Å². The number of hydrogen-bond donors (Lipinski definition) is 3. The number of hydrogen-bond acceptors (Lipinski definition) is 6. The quantitative estimate of drug-likeness (QED) is 0.358. The fourth-order valence-electron chi connectivity index (χ4n) is 2.78. The van der Waals surface area contributed by atoms with Crippen LogP contribution in [0.25, 0.3) is 5.57 Å². The fraction of sp³-hybridized carbons (Fsp3) is 0.286. The van der Waals surface area contributed by atoms with Gasteiger partial charge in [0.2, 0.25) is 0 Å². The van der Waals surface area contributed by atoms with Crippen LogP contribution in [0.4, 0.5) is 5.69 Å². The van der Waals surface area contributed by atoms with Crippen LogP contribution >= 0.6 is 0 Å². The lowest BCUT2D eigenvalue weighted by Gasteiger charge is -2.20. The first-order chi connectivity index (χ1) is 13.0. The summed E-state index contributed by atoms with van der Waals surface area (Å²) in [5.74, 6) is 7.45. The molecule has 4 N–H and O–H groups in total. The molecule has 0 radical (unpaired) electrons. The van der Waals surface area contributed by atoms with E-state index < -0.39 is 0 Å². The van der Waals surface area contributed by atoms with E-state index in [-0.39, 0.29) is 0 Å². The molecule has 0 bridgehead atoms. The number of nitrogens with zero attached hydrogens (tertiary/aromatic N) is 1. The molecule has 0 heterocycles. The summed E-state index contributed by atoms with van der Waals surface area (Å²) in [6.07, 6.45) is 3.19. The molecule has 0 spiro atoms. The first-order valence-electron chi connectivity index (χ1n) is 8.84. The topological polar surface area (TPSA) is 83.6 Å². The molecule has 0 unspecified atom stereocenters. The highest BCUT2D eigenvalue weighted by Gasteiger charge is 2.13. The molecule has 0 fully saturated rings. The maximum absolute atomic E-state index is 7.61. The van der Waals surface area contributed by atoms with E-state index in [1.54, 1.807) is 19.2 Å². The number of ether oxygens (including phenoxy) is 2. The Morgan fingerprint density at radius 2 is 2.04 bits per heavy atom. The van der Waals surface area contributed by atoms with Crippen LogP contribution in [0.1, 0.15) is 23.6 Å². The minimum Gasteiger partial charge on any atom is -0.496 e. The third-order valence-electron chi connectivity index (χ3n) is 4.21. The van der Waals surface area contributed by atoms with E-state index in [0.717, 1.165) is 46.0 Å². The molecular formula is C21H28N4O2. The average molecular weight is 368 g/mol. The number of hydrazine groups is 1. The Morgan fingerprint density at radius 1 is 1.26 bits per heavy atom. The second-order valence-corrected chi connectivity index (χ2v) is 6.14. The molecule has 0 aliphatic heterocycles. The Bertz CT molecular complexity index is 816. The van der Waals surface area contributed by atoms with Crippen LogP contribution in [0.5, 0.6) is 11.5 Å². The number of nitrogens with two attached hydrogens (primary N) is 1. The summed E-state index contributed by atoms with van der Waals surface area (Å²) in [7, 11) is 3.42. The molecule has 0 aromatic heterocycles. The normalized spacial score (nSPS) is 11.1. The molecule has 144 valence electrons. The highest BCUT2D eigenvalue weighted by Crippen LogP contribution is 2.30. The summed E-state index contributed by atoms with van der Waals surface area (Å²) >= 11 is 0. The summed E-state index contributed by atoms with van der Waals surface area (Å²) in [4.78, 5) is 0. The van der Waals surface area contributed by atoms with E-state index in [9.17, 15) is 0 Å². The van der Waals surface area contributed by atoms with Crippen molar-refractivity contribution in [2.75, 3.05) is 25.7 Å². The minimum atomic E-state index is 0.339. The summed E-state index contributed by atoms with van der Waals surface area (Å²) in [5, 5.41) is 12.3. The van der Waals surface area contributed by atoms with Crippen molar-refractivity contribution in [3.63, 3.8) is 0 Å².